The number of amides is 3. The Balaban J connectivity index is 1.35. The first-order valence-corrected chi connectivity index (χ1v) is 10.5. The Labute approximate surface area is 186 Å². The molecule has 9 heteroatoms. The molecule has 1 aliphatic rings. The van der Waals surface area contributed by atoms with Gasteiger partial charge in [-0.1, -0.05) is 11.6 Å². The Morgan fingerprint density at radius 1 is 0.839 bits per heavy atom. The van der Waals surface area contributed by atoms with Crippen molar-refractivity contribution in [3.05, 3.63) is 53.6 Å². The molecule has 0 spiro atoms. The number of benzene rings is 2. The van der Waals surface area contributed by atoms with Gasteiger partial charge in [0.25, 0.3) is 0 Å². The van der Waals surface area contributed by atoms with E-state index in [0.717, 1.165) is 36.9 Å². The predicted molar refractivity (Wildman–Crippen MR) is 122 cm³/mol. The van der Waals surface area contributed by atoms with Crippen LogP contribution in [0.2, 0.25) is 5.02 Å². The lowest BCUT2D eigenvalue weighted by molar-refractivity contribution is -0.136. The molecule has 0 bridgehead atoms. The number of anilines is 3. The zero-order valence-corrected chi connectivity index (χ0v) is 18.1. The van der Waals surface area contributed by atoms with E-state index in [9.17, 15) is 14.4 Å². The number of piperazine rings is 1. The summed E-state index contributed by atoms with van der Waals surface area (Å²) in [6.45, 7) is 6.04. The number of halogens is 1. The number of nitrogens with one attached hydrogen (secondary N) is 3. The quantitative estimate of drug-likeness (QED) is 0.595. The summed E-state index contributed by atoms with van der Waals surface area (Å²) in [7, 11) is 0. The fraction of sp³-hybridized carbons (Fsp3) is 0.318. The first kappa shape index (κ1) is 22.6. The van der Waals surface area contributed by atoms with Gasteiger partial charge in [-0.05, 0) is 48.5 Å². The summed E-state index contributed by atoms with van der Waals surface area (Å²) in [4.78, 5) is 39.7. The molecule has 2 aromatic carbocycles. The fourth-order valence-electron chi connectivity index (χ4n) is 3.32. The van der Waals surface area contributed by atoms with Crippen molar-refractivity contribution >= 4 is 46.4 Å². The third-order valence-corrected chi connectivity index (χ3v) is 5.20. The zero-order chi connectivity index (χ0) is 22.2. The molecule has 3 amide bonds. The van der Waals surface area contributed by atoms with E-state index >= 15 is 0 Å². The number of rotatable bonds is 6. The van der Waals surface area contributed by atoms with Gasteiger partial charge in [0, 0.05) is 68.3 Å². The normalized spacial score (nSPS) is 14.1. The molecule has 3 rings (SSSR count). The first-order chi connectivity index (χ1) is 14.9. The number of hydrogen-bond acceptors (Lipinski definition) is 5. The van der Waals surface area contributed by atoms with Gasteiger partial charge >= 0.3 is 11.8 Å². The van der Waals surface area contributed by atoms with Crippen molar-refractivity contribution in [1.29, 1.82) is 0 Å². The molecule has 1 saturated heterocycles. The Kier molecular flexibility index (Phi) is 7.86. The van der Waals surface area contributed by atoms with Gasteiger partial charge in [-0.2, -0.15) is 0 Å². The number of carbonyl (C=O) groups excluding carboxylic acids is 3. The molecular formula is C22H26ClN5O3. The smallest absolute Gasteiger partial charge is 0.313 e. The van der Waals surface area contributed by atoms with Gasteiger partial charge in [0.05, 0.1) is 0 Å². The molecule has 0 atom stereocenters. The molecule has 3 N–H and O–H groups in total. The molecule has 0 radical (unpaired) electrons. The summed E-state index contributed by atoms with van der Waals surface area (Å²) < 4.78 is 0. The van der Waals surface area contributed by atoms with Gasteiger partial charge in [-0.25, -0.2) is 0 Å². The molecule has 0 unspecified atom stereocenters. The van der Waals surface area contributed by atoms with Crippen molar-refractivity contribution < 1.29 is 14.4 Å². The highest BCUT2D eigenvalue weighted by molar-refractivity contribution is 6.39. The summed E-state index contributed by atoms with van der Waals surface area (Å²) in [5.41, 5.74) is 2.25. The van der Waals surface area contributed by atoms with Crippen LogP contribution in [-0.2, 0) is 14.4 Å². The molecule has 1 fully saturated rings. The Morgan fingerprint density at radius 2 is 1.42 bits per heavy atom. The minimum atomic E-state index is -0.722. The van der Waals surface area contributed by atoms with Crippen molar-refractivity contribution in [3.8, 4) is 0 Å². The maximum absolute atomic E-state index is 12.1. The Bertz CT molecular complexity index is 910. The van der Waals surface area contributed by atoms with Gasteiger partial charge in [-0.15, -0.1) is 0 Å². The predicted octanol–water partition coefficient (Wildman–Crippen LogP) is 2.18. The number of carbonyl (C=O) groups is 3. The molecular weight excluding hydrogens is 418 g/mol. The molecule has 0 saturated carbocycles. The van der Waals surface area contributed by atoms with Crippen molar-refractivity contribution in [3.63, 3.8) is 0 Å². The summed E-state index contributed by atoms with van der Waals surface area (Å²) in [6, 6.07) is 14.4. The van der Waals surface area contributed by atoms with E-state index in [0.29, 0.717) is 24.5 Å². The maximum Gasteiger partial charge on any atom is 0.313 e. The third kappa shape index (κ3) is 6.97. The maximum atomic E-state index is 12.1. The topological polar surface area (TPSA) is 93.8 Å². The van der Waals surface area contributed by atoms with E-state index in [2.05, 4.69) is 25.8 Å². The van der Waals surface area contributed by atoms with Crippen LogP contribution in [0.3, 0.4) is 0 Å². The average molecular weight is 444 g/mol. The lowest BCUT2D eigenvalue weighted by atomic mass is 10.2. The highest BCUT2D eigenvalue weighted by Gasteiger charge is 2.18. The molecule has 1 aliphatic heterocycles. The second-order valence-electron chi connectivity index (χ2n) is 7.27. The molecule has 8 nitrogen and oxygen atoms in total. The number of hydrogen-bond donors (Lipinski definition) is 3. The van der Waals surface area contributed by atoms with Crippen LogP contribution in [0, 0.1) is 0 Å². The van der Waals surface area contributed by atoms with Crippen LogP contribution in [0.1, 0.15) is 6.92 Å². The van der Waals surface area contributed by atoms with Crippen LogP contribution in [0.5, 0.6) is 0 Å². The minimum Gasteiger partial charge on any atom is -0.369 e. The highest BCUT2D eigenvalue weighted by Crippen LogP contribution is 2.19. The van der Waals surface area contributed by atoms with Crippen LogP contribution in [0.15, 0.2) is 48.5 Å². The number of nitrogens with zero attached hydrogens (tertiary/aromatic N) is 2. The van der Waals surface area contributed by atoms with E-state index in [1.54, 1.807) is 24.3 Å². The minimum absolute atomic E-state index is 0.178. The monoisotopic (exact) mass is 443 g/mol. The lowest BCUT2D eigenvalue weighted by Gasteiger charge is -2.36. The first-order valence-electron chi connectivity index (χ1n) is 10.1. The van der Waals surface area contributed by atoms with Gasteiger partial charge in [-0.3, -0.25) is 19.3 Å². The van der Waals surface area contributed by atoms with Crippen LogP contribution in [0.4, 0.5) is 17.1 Å². The molecule has 31 heavy (non-hydrogen) atoms. The summed E-state index contributed by atoms with van der Waals surface area (Å²) in [5.74, 6) is -1.58. The van der Waals surface area contributed by atoms with Crippen LogP contribution in [0.25, 0.3) is 0 Å². The SMILES string of the molecule is CC(=O)Nc1ccc(NC(=O)C(=O)NCCN2CCN(c3ccc(Cl)cc3)CC2)cc1. The third-order valence-electron chi connectivity index (χ3n) is 4.95. The summed E-state index contributed by atoms with van der Waals surface area (Å²) in [6.07, 6.45) is 0. The van der Waals surface area contributed by atoms with Gasteiger partial charge in [0.2, 0.25) is 5.91 Å². The summed E-state index contributed by atoms with van der Waals surface area (Å²) >= 11 is 5.94. The molecule has 2 aromatic rings. The average Bonchev–Trinajstić information content (AvgIpc) is 2.76. The zero-order valence-electron chi connectivity index (χ0n) is 17.4. The van der Waals surface area contributed by atoms with Gasteiger partial charge in [0.15, 0.2) is 0 Å². The molecule has 0 aliphatic carbocycles. The van der Waals surface area contributed by atoms with E-state index < -0.39 is 11.8 Å². The Hall–Kier alpha value is -3.10. The van der Waals surface area contributed by atoms with E-state index in [1.165, 1.54) is 6.92 Å². The van der Waals surface area contributed by atoms with Crippen LogP contribution >= 0.6 is 11.6 Å². The van der Waals surface area contributed by atoms with E-state index in [1.807, 2.05) is 24.3 Å². The van der Waals surface area contributed by atoms with Crippen LogP contribution in [-0.4, -0.2) is 61.9 Å². The lowest BCUT2D eigenvalue weighted by Crippen LogP contribution is -2.49. The van der Waals surface area contributed by atoms with Crippen molar-refractivity contribution in [2.24, 2.45) is 0 Å². The molecule has 1 heterocycles. The van der Waals surface area contributed by atoms with E-state index in [-0.39, 0.29) is 5.91 Å². The van der Waals surface area contributed by atoms with Crippen molar-refractivity contribution in [2.75, 3.05) is 54.8 Å². The highest BCUT2D eigenvalue weighted by atomic mass is 35.5. The van der Waals surface area contributed by atoms with E-state index in [4.69, 9.17) is 11.6 Å². The molecule has 0 aromatic heterocycles. The van der Waals surface area contributed by atoms with Crippen LogP contribution < -0.4 is 20.9 Å². The second-order valence-corrected chi connectivity index (χ2v) is 7.71. The van der Waals surface area contributed by atoms with Crippen molar-refractivity contribution in [1.82, 2.24) is 10.2 Å². The second kappa shape index (κ2) is 10.8. The van der Waals surface area contributed by atoms with Gasteiger partial charge < -0.3 is 20.9 Å². The van der Waals surface area contributed by atoms with Gasteiger partial charge in [0.1, 0.15) is 0 Å². The molecule has 164 valence electrons. The standard InChI is InChI=1S/C22H26ClN5O3/c1-16(29)25-18-4-6-19(7-5-18)26-22(31)21(30)24-10-11-27-12-14-28(15-13-27)20-8-2-17(23)3-9-20/h2-9H,10-15H2,1H3,(H,24,30)(H,25,29)(H,26,31). The summed E-state index contributed by atoms with van der Waals surface area (Å²) in [5, 5.41) is 8.57. The fourth-order valence-corrected chi connectivity index (χ4v) is 3.44. The largest absolute Gasteiger partial charge is 0.369 e. The van der Waals surface area contributed by atoms with Crippen molar-refractivity contribution in [2.45, 2.75) is 6.92 Å². The Morgan fingerprint density at radius 3 is 2.00 bits per heavy atom.